The van der Waals surface area contributed by atoms with Crippen LogP contribution in [0.4, 0.5) is 0 Å². The van der Waals surface area contributed by atoms with Crippen molar-refractivity contribution in [1.29, 1.82) is 0 Å². The van der Waals surface area contributed by atoms with Crippen LogP contribution in [0.5, 0.6) is 0 Å². The van der Waals surface area contributed by atoms with Gasteiger partial charge in [0.15, 0.2) is 0 Å². The van der Waals surface area contributed by atoms with E-state index in [4.69, 9.17) is 5.11 Å². The Kier molecular flexibility index (Phi) is 7.15. The molecule has 0 aromatic carbocycles. The third kappa shape index (κ3) is 8.48. The maximum absolute atomic E-state index is 9.68. The molecular weight excluding hydrogens is 178 g/mol. The van der Waals surface area contributed by atoms with Crippen LogP contribution in [0.25, 0.3) is 0 Å². The molecule has 14 heavy (non-hydrogen) atoms. The van der Waals surface area contributed by atoms with E-state index in [2.05, 4.69) is 11.8 Å². The van der Waals surface area contributed by atoms with Gasteiger partial charge in [0, 0.05) is 19.7 Å². The van der Waals surface area contributed by atoms with Crippen LogP contribution in [0.3, 0.4) is 0 Å². The largest absolute Gasteiger partial charge is 0.396 e. The Balaban J connectivity index is 3.84. The van der Waals surface area contributed by atoms with Gasteiger partial charge in [-0.3, -0.25) is 0 Å². The van der Waals surface area contributed by atoms with Crippen molar-refractivity contribution in [3.8, 4) is 0 Å². The first-order chi connectivity index (χ1) is 6.49. The zero-order valence-electron chi connectivity index (χ0n) is 9.79. The lowest BCUT2D eigenvalue weighted by Gasteiger charge is -2.28. The summed E-state index contributed by atoms with van der Waals surface area (Å²) in [7, 11) is 0. The molecule has 0 spiro atoms. The van der Waals surface area contributed by atoms with E-state index >= 15 is 0 Å². The standard InChI is InChI=1S/C11H25NO2/c1-4-5-7-12(8-6-9-13)10-11(2,3)14/h13-14H,4-10H2,1-3H3. The Morgan fingerprint density at radius 2 is 1.71 bits per heavy atom. The monoisotopic (exact) mass is 203 g/mol. The number of rotatable bonds is 8. The number of unbranched alkanes of at least 4 members (excludes halogenated alkanes) is 1. The molecule has 2 N–H and O–H groups in total. The molecular formula is C11H25NO2. The van der Waals surface area contributed by atoms with Gasteiger partial charge in [-0.2, -0.15) is 0 Å². The Bertz CT molecular complexity index is 124. The minimum atomic E-state index is -0.636. The van der Waals surface area contributed by atoms with E-state index in [1.807, 2.05) is 13.8 Å². The maximum atomic E-state index is 9.68. The van der Waals surface area contributed by atoms with Gasteiger partial charge >= 0.3 is 0 Å². The molecule has 3 nitrogen and oxygen atoms in total. The summed E-state index contributed by atoms with van der Waals surface area (Å²) < 4.78 is 0. The fourth-order valence-electron chi connectivity index (χ4n) is 1.49. The van der Waals surface area contributed by atoms with Crippen molar-refractivity contribution in [2.45, 2.75) is 45.6 Å². The highest BCUT2D eigenvalue weighted by molar-refractivity contribution is 4.71. The molecule has 0 aliphatic heterocycles. The van der Waals surface area contributed by atoms with E-state index < -0.39 is 5.60 Å². The fourth-order valence-corrected chi connectivity index (χ4v) is 1.49. The maximum Gasteiger partial charge on any atom is 0.0718 e. The molecule has 0 heterocycles. The first kappa shape index (κ1) is 13.9. The van der Waals surface area contributed by atoms with E-state index in [1.165, 1.54) is 6.42 Å². The highest BCUT2D eigenvalue weighted by Gasteiger charge is 2.17. The van der Waals surface area contributed by atoms with Crippen LogP contribution >= 0.6 is 0 Å². The van der Waals surface area contributed by atoms with Gasteiger partial charge in [-0.15, -0.1) is 0 Å². The number of hydrogen-bond acceptors (Lipinski definition) is 3. The van der Waals surface area contributed by atoms with Gasteiger partial charge in [-0.1, -0.05) is 13.3 Å². The van der Waals surface area contributed by atoms with E-state index in [-0.39, 0.29) is 6.61 Å². The van der Waals surface area contributed by atoms with Crippen molar-refractivity contribution in [2.75, 3.05) is 26.2 Å². The molecule has 0 bridgehead atoms. The molecule has 0 aromatic heterocycles. The third-order valence-electron chi connectivity index (χ3n) is 2.07. The Labute approximate surface area is 87.7 Å². The average molecular weight is 203 g/mol. The molecule has 0 rings (SSSR count). The van der Waals surface area contributed by atoms with Crippen LogP contribution in [0.1, 0.15) is 40.0 Å². The van der Waals surface area contributed by atoms with Gasteiger partial charge in [0.2, 0.25) is 0 Å². The molecule has 0 radical (unpaired) electrons. The number of nitrogens with zero attached hydrogens (tertiary/aromatic N) is 1. The summed E-state index contributed by atoms with van der Waals surface area (Å²) in [6.45, 7) is 8.62. The number of aliphatic hydroxyl groups excluding tert-OH is 1. The summed E-state index contributed by atoms with van der Waals surface area (Å²) in [5.74, 6) is 0. The molecule has 0 fully saturated rings. The van der Waals surface area contributed by atoms with Gasteiger partial charge in [0.25, 0.3) is 0 Å². The zero-order valence-corrected chi connectivity index (χ0v) is 9.79. The van der Waals surface area contributed by atoms with Gasteiger partial charge in [-0.25, -0.2) is 0 Å². The minimum absolute atomic E-state index is 0.231. The van der Waals surface area contributed by atoms with Gasteiger partial charge < -0.3 is 15.1 Å². The van der Waals surface area contributed by atoms with Gasteiger partial charge in [-0.05, 0) is 33.2 Å². The second-order valence-corrected chi connectivity index (χ2v) is 4.52. The highest BCUT2D eigenvalue weighted by atomic mass is 16.3. The fraction of sp³-hybridized carbons (Fsp3) is 1.00. The predicted molar refractivity (Wildman–Crippen MR) is 59.3 cm³/mol. The predicted octanol–water partition coefficient (Wildman–Crippen LogP) is 1.24. The van der Waals surface area contributed by atoms with Crippen LogP contribution in [-0.4, -0.2) is 47.0 Å². The minimum Gasteiger partial charge on any atom is -0.396 e. The normalized spacial score (nSPS) is 12.4. The van der Waals surface area contributed by atoms with Crippen LogP contribution in [0.15, 0.2) is 0 Å². The smallest absolute Gasteiger partial charge is 0.0718 e. The lowest BCUT2D eigenvalue weighted by Crippen LogP contribution is -2.39. The summed E-state index contributed by atoms with van der Waals surface area (Å²) in [6, 6.07) is 0. The molecule has 0 saturated heterocycles. The SMILES string of the molecule is CCCCN(CCCO)CC(C)(C)O. The first-order valence-corrected chi connectivity index (χ1v) is 5.55. The molecule has 0 unspecified atom stereocenters. The zero-order chi connectivity index (χ0) is 11.0. The van der Waals surface area contributed by atoms with Crippen LogP contribution < -0.4 is 0 Å². The molecule has 0 aliphatic carbocycles. The van der Waals surface area contributed by atoms with Gasteiger partial charge in [0.05, 0.1) is 5.60 Å². The Hall–Kier alpha value is -0.120. The topological polar surface area (TPSA) is 43.7 Å². The summed E-state index contributed by atoms with van der Waals surface area (Å²) >= 11 is 0. The number of aliphatic hydroxyl groups is 2. The highest BCUT2D eigenvalue weighted by Crippen LogP contribution is 2.06. The molecule has 86 valence electrons. The van der Waals surface area contributed by atoms with E-state index in [9.17, 15) is 5.11 Å². The average Bonchev–Trinajstić information content (AvgIpc) is 2.07. The molecule has 0 saturated carbocycles. The Morgan fingerprint density at radius 3 is 2.14 bits per heavy atom. The quantitative estimate of drug-likeness (QED) is 0.624. The van der Waals surface area contributed by atoms with Crippen molar-refractivity contribution < 1.29 is 10.2 Å². The molecule has 3 heteroatoms. The number of hydrogen-bond donors (Lipinski definition) is 2. The van der Waals surface area contributed by atoms with E-state index in [1.54, 1.807) is 0 Å². The second kappa shape index (κ2) is 7.21. The lowest BCUT2D eigenvalue weighted by molar-refractivity contribution is 0.0338. The van der Waals surface area contributed by atoms with Crippen molar-refractivity contribution in [3.05, 3.63) is 0 Å². The third-order valence-corrected chi connectivity index (χ3v) is 2.07. The van der Waals surface area contributed by atoms with Gasteiger partial charge in [0.1, 0.15) is 0 Å². The summed E-state index contributed by atoms with van der Waals surface area (Å²) in [4.78, 5) is 2.22. The molecule has 0 amide bonds. The van der Waals surface area contributed by atoms with Crippen LogP contribution in [0.2, 0.25) is 0 Å². The lowest BCUT2D eigenvalue weighted by atomic mass is 10.1. The van der Waals surface area contributed by atoms with Crippen molar-refractivity contribution >= 4 is 0 Å². The van der Waals surface area contributed by atoms with E-state index in [0.29, 0.717) is 6.54 Å². The van der Waals surface area contributed by atoms with Crippen LogP contribution in [0, 0.1) is 0 Å². The second-order valence-electron chi connectivity index (χ2n) is 4.52. The van der Waals surface area contributed by atoms with Crippen molar-refractivity contribution in [2.24, 2.45) is 0 Å². The first-order valence-electron chi connectivity index (χ1n) is 5.55. The molecule has 0 atom stereocenters. The summed E-state index contributed by atoms with van der Waals surface area (Å²) in [5, 5.41) is 18.4. The van der Waals surface area contributed by atoms with E-state index in [0.717, 1.165) is 25.9 Å². The van der Waals surface area contributed by atoms with Crippen LogP contribution in [-0.2, 0) is 0 Å². The van der Waals surface area contributed by atoms with Crippen molar-refractivity contribution in [3.63, 3.8) is 0 Å². The van der Waals surface area contributed by atoms with Crippen molar-refractivity contribution in [1.82, 2.24) is 4.90 Å². The summed E-state index contributed by atoms with van der Waals surface area (Å²) in [5.41, 5.74) is -0.636. The Morgan fingerprint density at radius 1 is 1.14 bits per heavy atom. The molecule has 0 aromatic rings. The molecule has 0 aliphatic rings. The summed E-state index contributed by atoms with van der Waals surface area (Å²) in [6.07, 6.45) is 3.11.